The minimum Gasteiger partial charge on any atom is -0.410 e. The van der Waals surface area contributed by atoms with Crippen molar-refractivity contribution in [3.05, 3.63) is 96.5 Å². The number of para-hydroxylation sites is 1. The number of benzene rings is 3. The number of hydrogen-bond acceptors (Lipinski definition) is 5. The first kappa shape index (κ1) is 25.6. The van der Waals surface area contributed by atoms with Crippen molar-refractivity contribution in [1.82, 2.24) is 15.3 Å². The summed E-state index contributed by atoms with van der Waals surface area (Å²) in [6, 6.07) is 15.3. The van der Waals surface area contributed by atoms with Crippen LogP contribution in [-0.2, 0) is 11.2 Å². The van der Waals surface area contributed by atoms with Crippen molar-refractivity contribution in [2.24, 2.45) is 0 Å². The summed E-state index contributed by atoms with van der Waals surface area (Å²) in [6.45, 7) is 0. The number of carbonyl (C=O) groups excluding carboxylic acids is 2. The van der Waals surface area contributed by atoms with Gasteiger partial charge in [-0.15, -0.1) is 0 Å². The van der Waals surface area contributed by atoms with Gasteiger partial charge in [-0.3, -0.25) is 4.79 Å². The third kappa shape index (κ3) is 6.51. The van der Waals surface area contributed by atoms with Gasteiger partial charge in [0.05, 0.1) is 5.52 Å². The lowest BCUT2D eigenvalue weighted by Crippen LogP contribution is -2.49. The molecule has 0 aliphatic rings. The Morgan fingerprint density at radius 3 is 2.46 bits per heavy atom. The number of rotatable bonds is 6. The number of halogens is 2. The van der Waals surface area contributed by atoms with Gasteiger partial charge in [0.1, 0.15) is 29.8 Å². The van der Waals surface area contributed by atoms with Gasteiger partial charge in [-0.1, -0.05) is 18.2 Å². The number of aromatic nitrogens is 2. The van der Waals surface area contributed by atoms with Crippen LogP contribution in [0.3, 0.4) is 0 Å². The first-order chi connectivity index (χ1) is 16.4. The van der Waals surface area contributed by atoms with Gasteiger partial charge < -0.3 is 15.0 Å². The van der Waals surface area contributed by atoms with Crippen LogP contribution in [-0.4, -0.2) is 35.1 Å². The quantitative estimate of drug-likeness (QED) is 0.428. The van der Waals surface area contributed by atoms with Crippen LogP contribution in [0.5, 0.6) is 5.75 Å². The van der Waals surface area contributed by atoms with E-state index in [-0.39, 0.29) is 31.2 Å². The second-order valence-electron chi connectivity index (χ2n) is 7.54. The largest absolute Gasteiger partial charge is 0.413 e. The molecule has 0 saturated carbocycles. The van der Waals surface area contributed by atoms with E-state index in [2.05, 4.69) is 15.3 Å². The monoisotopic (exact) mass is 496 g/mol. The molecule has 0 radical (unpaired) electrons. The predicted molar refractivity (Wildman–Crippen MR) is 133 cm³/mol. The molecule has 0 aliphatic heterocycles. The van der Waals surface area contributed by atoms with E-state index in [9.17, 15) is 18.4 Å². The van der Waals surface area contributed by atoms with Crippen molar-refractivity contribution in [2.75, 3.05) is 11.9 Å². The fourth-order valence-electron chi connectivity index (χ4n) is 3.46. The highest BCUT2D eigenvalue weighted by molar-refractivity contribution is 7.59. The summed E-state index contributed by atoms with van der Waals surface area (Å²) in [5.41, 5.74) is 1.35. The Bertz CT molecular complexity index is 1320. The lowest BCUT2D eigenvalue weighted by Gasteiger charge is -2.25. The summed E-state index contributed by atoms with van der Waals surface area (Å²) in [7, 11) is 1.54. The zero-order chi connectivity index (χ0) is 24.1. The van der Waals surface area contributed by atoms with Crippen LogP contribution in [0, 0.1) is 11.6 Å². The number of nitrogens with zero attached hydrogens (tertiary/aromatic N) is 3. The van der Waals surface area contributed by atoms with E-state index in [0.29, 0.717) is 11.2 Å². The molecular weight excluding hydrogens is 474 g/mol. The number of amides is 2. The zero-order valence-electron chi connectivity index (χ0n) is 18.6. The zero-order valence-corrected chi connectivity index (χ0v) is 19.6. The molecule has 180 valence electrons. The van der Waals surface area contributed by atoms with Crippen LogP contribution in [0.25, 0.3) is 10.9 Å². The van der Waals surface area contributed by atoms with Crippen LogP contribution < -0.4 is 15.0 Å². The summed E-state index contributed by atoms with van der Waals surface area (Å²) in [5.74, 6) is -1.79. The fourth-order valence-corrected chi connectivity index (χ4v) is 3.46. The van der Waals surface area contributed by atoms with Gasteiger partial charge in [0, 0.05) is 36.8 Å². The van der Waals surface area contributed by atoms with Gasteiger partial charge in [0.25, 0.3) is 0 Å². The smallest absolute Gasteiger partial charge is 0.410 e. The average Bonchev–Trinajstić information content (AvgIpc) is 2.82. The number of carbonyl (C=O) groups is 2. The lowest BCUT2D eigenvalue weighted by molar-refractivity contribution is -0.120. The van der Waals surface area contributed by atoms with E-state index in [0.717, 1.165) is 23.6 Å². The maximum absolute atomic E-state index is 13.7. The molecular formula is C25H22F2N4O3S. The Morgan fingerprint density at radius 2 is 1.74 bits per heavy atom. The van der Waals surface area contributed by atoms with Crippen LogP contribution in [0.1, 0.15) is 5.56 Å². The van der Waals surface area contributed by atoms with E-state index in [1.807, 2.05) is 0 Å². The lowest BCUT2D eigenvalue weighted by atomic mass is 10.0. The molecule has 1 atom stereocenters. The van der Waals surface area contributed by atoms with Crippen molar-refractivity contribution in [3.8, 4) is 5.75 Å². The minimum absolute atomic E-state index is 0. The Labute approximate surface area is 207 Å². The first-order valence-electron chi connectivity index (χ1n) is 10.3. The molecule has 35 heavy (non-hydrogen) atoms. The molecule has 4 rings (SSSR count). The molecule has 1 heterocycles. The van der Waals surface area contributed by atoms with Gasteiger partial charge in [-0.25, -0.2) is 23.5 Å². The molecule has 2 amide bonds. The van der Waals surface area contributed by atoms with Crippen LogP contribution >= 0.6 is 13.5 Å². The topological polar surface area (TPSA) is 84.4 Å². The average molecular weight is 497 g/mol. The van der Waals surface area contributed by atoms with E-state index < -0.39 is 29.7 Å². The second kappa shape index (κ2) is 11.4. The van der Waals surface area contributed by atoms with E-state index in [1.54, 1.807) is 54.7 Å². The van der Waals surface area contributed by atoms with Crippen LogP contribution in [0.15, 0.2) is 79.3 Å². The van der Waals surface area contributed by atoms with Gasteiger partial charge >= 0.3 is 6.09 Å². The molecule has 0 unspecified atom stereocenters. The van der Waals surface area contributed by atoms with Gasteiger partial charge in [0.2, 0.25) is 5.91 Å². The maximum atomic E-state index is 13.7. The normalized spacial score (nSPS) is 11.3. The Hall–Kier alpha value is -4.05. The summed E-state index contributed by atoms with van der Waals surface area (Å²) < 4.78 is 32.7. The van der Waals surface area contributed by atoms with E-state index in [1.165, 1.54) is 18.3 Å². The summed E-state index contributed by atoms with van der Waals surface area (Å²) >= 11 is 0. The van der Waals surface area contributed by atoms with Gasteiger partial charge in [-0.2, -0.15) is 13.5 Å². The van der Waals surface area contributed by atoms with Gasteiger partial charge in [0.15, 0.2) is 0 Å². The highest BCUT2D eigenvalue weighted by atomic mass is 32.1. The molecule has 4 aromatic rings. The van der Waals surface area contributed by atoms with Crippen molar-refractivity contribution in [1.29, 1.82) is 0 Å². The third-order valence-electron chi connectivity index (χ3n) is 5.12. The molecule has 0 aliphatic carbocycles. The summed E-state index contributed by atoms with van der Waals surface area (Å²) in [4.78, 5) is 35.4. The standard InChI is InChI=1S/C25H20F2N4O3.H2S/c1-31(20-8-7-17-14-28-15-29-22(17)13-20)24(32)23(11-16-9-18(26)12-19(27)10-16)30-25(33)34-21-5-3-2-4-6-21;/h2-10,12-15,23H,11H2,1H3,(H,30,33);1H2/t23-;/m0./s1. The number of anilines is 1. The maximum Gasteiger partial charge on any atom is 0.413 e. The number of nitrogens with one attached hydrogen (secondary N) is 1. The molecule has 1 N–H and O–H groups in total. The number of likely N-dealkylation sites (N-methyl/N-ethyl adjacent to an activating group) is 1. The third-order valence-corrected chi connectivity index (χ3v) is 5.12. The molecule has 0 bridgehead atoms. The SMILES string of the molecule is CN(C(=O)[C@H](Cc1cc(F)cc(F)c1)NC(=O)Oc1ccccc1)c1ccc2cncnc2c1.S. The first-order valence-corrected chi connectivity index (χ1v) is 10.3. The number of fused-ring (bicyclic) bond motifs is 1. The molecule has 7 nitrogen and oxygen atoms in total. The molecule has 0 saturated heterocycles. The van der Waals surface area contributed by atoms with Crippen molar-refractivity contribution in [2.45, 2.75) is 12.5 Å². The van der Waals surface area contributed by atoms with Crippen molar-refractivity contribution >= 4 is 42.1 Å². The van der Waals surface area contributed by atoms with Crippen molar-refractivity contribution < 1.29 is 23.1 Å². The minimum atomic E-state index is -1.16. The Morgan fingerprint density at radius 1 is 1.03 bits per heavy atom. The van der Waals surface area contributed by atoms with Gasteiger partial charge in [-0.05, 0) is 48.0 Å². The van der Waals surface area contributed by atoms with Crippen LogP contribution in [0.4, 0.5) is 19.3 Å². The number of ether oxygens (including phenoxy) is 1. The summed E-state index contributed by atoms with van der Waals surface area (Å²) in [6.07, 6.45) is 2.02. The van der Waals surface area contributed by atoms with E-state index in [4.69, 9.17) is 4.74 Å². The molecule has 1 aromatic heterocycles. The van der Waals surface area contributed by atoms with Crippen molar-refractivity contribution in [3.63, 3.8) is 0 Å². The highest BCUT2D eigenvalue weighted by Crippen LogP contribution is 2.21. The molecule has 10 heteroatoms. The van der Waals surface area contributed by atoms with E-state index >= 15 is 0 Å². The molecule has 3 aromatic carbocycles. The predicted octanol–water partition coefficient (Wildman–Crippen LogP) is 4.38. The molecule has 0 fully saturated rings. The Kier molecular flexibility index (Phi) is 8.32. The highest BCUT2D eigenvalue weighted by Gasteiger charge is 2.27. The number of hydrogen-bond donors (Lipinski definition) is 1. The fraction of sp³-hybridized carbons (Fsp3) is 0.120. The second-order valence-corrected chi connectivity index (χ2v) is 7.54. The molecule has 0 spiro atoms. The summed E-state index contributed by atoms with van der Waals surface area (Å²) in [5, 5.41) is 3.31. The van der Waals surface area contributed by atoms with Crippen LogP contribution in [0.2, 0.25) is 0 Å². The Balaban J connectivity index is 0.00000342.